The van der Waals surface area contributed by atoms with Crippen LogP contribution in [0, 0.1) is 0 Å². The second kappa shape index (κ2) is 9.14. The van der Waals surface area contributed by atoms with E-state index in [1.807, 2.05) is 0 Å². The van der Waals surface area contributed by atoms with Crippen molar-refractivity contribution in [2.75, 3.05) is 6.61 Å². The van der Waals surface area contributed by atoms with Gasteiger partial charge in [0.1, 0.15) is 6.61 Å². The van der Waals surface area contributed by atoms with Crippen molar-refractivity contribution in [1.29, 1.82) is 0 Å². The van der Waals surface area contributed by atoms with Gasteiger partial charge in [-0.3, -0.25) is 0 Å². The van der Waals surface area contributed by atoms with Crippen LogP contribution in [0.5, 0.6) is 0 Å². The Morgan fingerprint density at radius 3 is 1.12 bits per heavy atom. The average molecular weight is 575 g/mol. The van der Waals surface area contributed by atoms with Gasteiger partial charge in [-0.15, -0.1) is 0 Å². The average Bonchev–Trinajstić information content (AvgIpc) is 2.65. The molecule has 0 atom stereocenters. The summed E-state index contributed by atoms with van der Waals surface area (Å²) in [4.78, 5) is 9.00. The van der Waals surface area contributed by atoms with Crippen molar-refractivity contribution in [3.63, 3.8) is 0 Å². The van der Waals surface area contributed by atoms with Gasteiger partial charge in [-0.2, -0.15) is 95.8 Å². The first-order chi connectivity index (χ1) is 14.6. The van der Waals surface area contributed by atoms with Crippen LogP contribution in [0.4, 0.5) is 74.6 Å². The Morgan fingerprint density at radius 1 is 0.529 bits per heavy atom. The molecule has 0 bridgehead atoms. The molecule has 0 aliphatic rings. The van der Waals surface area contributed by atoms with E-state index < -0.39 is 68.8 Å². The van der Waals surface area contributed by atoms with Crippen LogP contribution in [-0.4, -0.2) is 59.1 Å². The summed E-state index contributed by atoms with van der Waals surface area (Å²) in [6.45, 7) is -2.19. The van der Waals surface area contributed by atoms with E-state index in [4.69, 9.17) is 4.89 Å². The van der Waals surface area contributed by atoms with Gasteiger partial charge in [-0.25, -0.2) is 0 Å². The normalized spacial score (nSPS) is 16.2. The summed E-state index contributed by atoms with van der Waals surface area (Å²) in [6, 6.07) is 0. The lowest BCUT2D eigenvalue weighted by Crippen LogP contribution is -2.74. The molecule has 0 saturated carbocycles. The van der Waals surface area contributed by atoms with Crippen LogP contribution < -0.4 is 11.8 Å². The topological polar surface area (TPSA) is 100.0 Å². The molecule has 0 radical (unpaired) electrons. The van der Waals surface area contributed by atoms with Gasteiger partial charge in [0.2, 0.25) is 0 Å². The molecule has 0 saturated heterocycles. The Labute approximate surface area is 175 Å². The Hall–Kier alpha value is -1.00. The Morgan fingerprint density at radius 2 is 0.824 bits per heavy atom. The molecule has 0 fully saturated rings. The number of hydrogen-bond donors (Lipinski definition) is 3. The molecule has 0 amide bonds. The molecular weight excluding hydrogens is 566 g/mol. The lowest BCUT2D eigenvalue weighted by Gasteiger charge is -2.42. The van der Waals surface area contributed by atoms with E-state index in [-0.39, 0.29) is 0 Å². The summed E-state index contributed by atoms with van der Waals surface area (Å²) >= 11 is 0. The first-order valence-electron chi connectivity index (χ1n) is 7.32. The summed E-state index contributed by atoms with van der Waals surface area (Å²) in [5.74, 6) is -48.7. The lowest BCUT2D eigenvalue weighted by atomic mass is 9.88. The van der Waals surface area contributed by atoms with E-state index in [9.17, 15) is 74.6 Å². The van der Waals surface area contributed by atoms with Gasteiger partial charge in [-0.05, 0) is 0 Å². The number of rotatable bonds is 12. The SMILES string of the molecule is NO[P+](O)(ON)OCCC(F)(F)C(F)(F)C(F)(F)C(F)(F)C(F)(F)C(F)(F)C(F)(F)C(F)(F)F. The molecule has 0 aromatic carbocycles. The highest BCUT2D eigenvalue weighted by molar-refractivity contribution is 7.55. The van der Waals surface area contributed by atoms with Gasteiger partial charge in [0.15, 0.2) is 0 Å². The maximum atomic E-state index is 13.5. The zero-order valence-corrected chi connectivity index (χ0v) is 16.0. The second-order valence-corrected chi connectivity index (χ2v) is 7.53. The highest BCUT2D eigenvalue weighted by Crippen LogP contribution is 2.64. The molecule has 0 rings (SSSR count). The number of nitrogens with two attached hydrogens (primary N) is 2. The zero-order chi connectivity index (χ0) is 28.0. The molecule has 6 nitrogen and oxygen atoms in total. The minimum atomic E-state index is -8.72. The van der Waals surface area contributed by atoms with Crippen LogP contribution in [0.25, 0.3) is 0 Å². The largest absolute Gasteiger partial charge is 0.608 e. The van der Waals surface area contributed by atoms with Crippen molar-refractivity contribution >= 4 is 8.17 Å². The van der Waals surface area contributed by atoms with Gasteiger partial charge in [0, 0.05) is 6.42 Å². The van der Waals surface area contributed by atoms with E-state index in [2.05, 4.69) is 25.6 Å². The monoisotopic (exact) mass is 575 g/mol. The fraction of sp³-hybridized carbons (Fsp3) is 1.00. The van der Waals surface area contributed by atoms with Crippen LogP contribution >= 0.6 is 8.17 Å². The van der Waals surface area contributed by atoms with Crippen molar-refractivity contribution in [2.24, 2.45) is 11.8 Å². The van der Waals surface area contributed by atoms with E-state index in [1.54, 1.807) is 0 Å². The summed E-state index contributed by atoms with van der Waals surface area (Å²) in [5, 5.41) is 0. The molecule has 0 aliphatic heterocycles. The first kappa shape index (κ1) is 33.0. The summed E-state index contributed by atoms with van der Waals surface area (Å²) in [7, 11) is -4.99. The fourth-order valence-electron chi connectivity index (χ4n) is 1.73. The van der Waals surface area contributed by atoms with Gasteiger partial charge in [-0.1, -0.05) is 9.25 Å². The Kier molecular flexibility index (Phi) is 8.87. The summed E-state index contributed by atoms with van der Waals surface area (Å²) < 4.78 is 232. The molecule has 0 heterocycles. The van der Waals surface area contributed by atoms with Crippen LogP contribution in [0.3, 0.4) is 0 Å². The highest BCUT2D eigenvalue weighted by Gasteiger charge is 2.95. The van der Waals surface area contributed by atoms with E-state index in [1.165, 1.54) is 0 Å². The van der Waals surface area contributed by atoms with Crippen molar-refractivity contribution in [3.05, 3.63) is 0 Å². The highest BCUT2D eigenvalue weighted by atomic mass is 31.2. The van der Waals surface area contributed by atoms with E-state index in [0.717, 1.165) is 0 Å². The molecular formula is C10H9F17N2O4P+. The standard InChI is InChI=1S/C10H9F17N2O4P/c11-3(12,1-2-31-34(30,32-28)33-29)4(13,14)5(15,16)6(17,18)7(19,20)8(21,22)9(23,24)10(25,26)27/h30H,1-2,28-29H2/q+1. The molecule has 0 aromatic rings. The quantitative estimate of drug-likeness (QED) is 0.175. The lowest BCUT2D eigenvalue weighted by molar-refractivity contribution is -0.461. The van der Waals surface area contributed by atoms with Crippen LogP contribution in [0.15, 0.2) is 0 Å². The number of hydrogen-bond acceptors (Lipinski definition) is 6. The minimum absolute atomic E-state index is 2.19. The molecule has 34 heavy (non-hydrogen) atoms. The predicted molar refractivity (Wildman–Crippen MR) is 70.9 cm³/mol. The van der Waals surface area contributed by atoms with Crippen molar-refractivity contribution in [3.8, 4) is 0 Å². The third kappa shape index (κ3) is 4.83. The van der Waals surface area contributed by atoms with Crippen molar-refractivity contribution < 1.29 is 93.3 Å². The van der Waals surface area contributed by atoms with Gasteiger partial charge >= 0.3 is 55.8 Å². The van der Waals surface area contributed by atoms with Crippen LogP contribution in [-0.2, 0) is 13.8 Å². The maximum absolute atomic E-state index is 13.5. The molecule has 0 unspecified atom stereocenters. The summed E-state index contributed by atoms with van der Waals surface area (Å²) in [6.07, 6.45) is -10.8. The Balaban J connectivity index is 6.35. The van der Waals surface area contributed by atoms with E-state index in [0.29, 0.717) is 0 Å². The molecule has 206 valence electrons. The molecule has 0 spiro atoms. The third-order valence-electron chi connectivity index (χ3n) is 3.72. The van der Waals surface area contributed by atoms with Crippen molar-refractivity contribution in [2.45, 2.75) is 54.1 Å². The fourth-order valence-corrected chi connectivity index (χ4v) is 2.22. The Bertz CT molecular complexity index is 711. The number of alkyl halides is 17. The van der Waals surface area contributed by atoms with Gasteiger partial charge in [0.25, 0.3) is 0 Å². The molecule has 5 N–H and O–H groups in total. The summed E-state index contributed by atoms with van der Waals surface area (Å²) in [5.41, 5.74) is 0. The van der Waals surface area contributed by atoms with E-state index >= 15 is 0 Å². The molecule has 0 aromatic heterocycles. The second-order valence-electron chi connectivity index (χ2n) is 5.91. The number of halogens is 17. The predicted octanol–water partition coefficient (Wildman–Crippen LogP) is 4.85. The molecule has 0 aliphatic carbocycles. The smallest absolute Gasteiger partial charge is 0.200 e. The maximum Gasteiger partial charge on any atom is 0.608 e. The van der Waals surface area contributed by atoms with Gasteiger partial charge in [0.05, 0.1) is 0 Å². The van der Waals surface area contributed by atoms with Crippen LogP contribution in [0.2, 0.25) is 0 Å². The first-order valence-corrected chi connectivity index (χ1v) is 8.82. The van der Waals surface area contributed by atoms with Gasteiger partial charge < -0.3 is 0 Å². The van der Waals surface area contributed by atoms with Crippen molar-refractivity contribution in [1.82, 2.24) is 0 Å². The zero-order valence-electron chi connectivity index (χ0n) is 15.1. The minimum Gasteiger partial charge on any atom is -0.200 e. The molecule has 24 heteroatoms. The van der Waals surface area contributed by atoms with Crippen LogP contribution in [0.1, 0.15) is 6.42 Å². The third-order valence-corrected chi connectivity index (χ3v) is 4.77.